The molecular weight excluding hydrogens is 188 g/mol. The van der Waals surface area contributed by atoms with Crippen molar-refractivity contribution in [2.75, 3.05) is 0 Å². The first-order chi connectivity index (χ1) is 7.31. The van der Waals surface area contributed by atoms with Crippen molar-refractivity contribution in [3.63, 3.8) is 0 Å². The van der Waals surface area contributed by atoms with Crippen LogP contribution in [0.15, 0.2) is 36.5 Å². The van der Waals surface area contributed by atoms with E-state index in [4.69, 9.17) is 0 Å². The molecule has 1 aromatic heterocycles. The highest BCUT2D eigenvalue weighted by Crippen LogP contribution is 2.27. The number of rotatable bonds is 3. The Morgan fingerprint density at radius 2 is 2.00 bits per heavy atom. The van der Waals surface area contributed by atoms with E-state index in [1.165, 1.54) is 0 Å². The molecule has 2 rings (SSSR count). The van der Waals surface area contributed by atoms with Crippen LogP contribution < -0.4 is 0 Å². The number of nitrogens with zero attached hydrogens (tertiary/aromatic N) is 2. The lowest BCUT2D eigenvalue weighted by atomic mass is 10.1. The normalized spacial score (nSPS) is 10.5. The molecule has 0 atom stereocenters. The highest BCUT2D eigenvalue weighted by Gasteiger charge is 2.08. The van der Waals surface area contributed by atoms with Crippen LogP contribution in [0.4, 0.5) is 0 Å². The molecule has 0 saturated heterocycles. The maximum atomic E-state index is 9.68. The van der Waals surface area contributed by atoms with E-state index in [-0.39, 0.29) is 5.88 Å². The molecule has 78 valence electrons. The van der Waals surface area contributed by atoms with Gasteiger partial charge in [-0.15, -0.1) is 5.10 Å². The smallest absolute Gasteiger partial charge is 0.238 e. The highest BCUT2D eigenvalue weighted by atomic mass is 16.3. The summed E-state index contributed by atoms with van der Waals surface area (Å²) in [7, 11) is 0. The van der Waals surface area contributed by atoms with Gasteiger partial charge >= 0.3 is 0 Å². The van der Waals surface area contributed by atoms with Gasteiger partial charge in [0.2, 0.25) is 5.88 Å². The van der Waals surface area contributed by atoms with Crippen LogP contribution in [0.2, 0.25) is 0 Å². The second-order valence-electron chi connectivity index (χ2n) is 3.50. The maximum absolute atomic E-state index is 9.68. The number of aromatic hydroxyl groups is 1. The second kappa shape index (κ2) is 4.17. The summed E-state index contributed by atoms with van der Waals surface area (Å²) in [6, 6.07) is 9.79. The summed E-state index contributed by atoms with van der Waals surface area (Å²) in [6.45, 7) is 2.92. The van der Waals surface area contributed by atoms with Crippen molar-refractivity contribution in [3.05, 3.63) is 36.5 Å². The first-order valence-corrected chi connectivity index (χ1v) is 5.13. The monoisotopic (exact) mass is 202 g/mol. The van der Waals surface area contributed by atoms with Crippen molar-refractivity contribution in [2.45, 2.75) is 19.9 Å². The molecule has 3 nitrogen and oxygen atoms in total. The van der Waals surface area contributed by atoms with Gasteiger partial charge in [0.1, 0.15) is 0 Å². The Labute approximate surface area is 89.0 Å². The second-order valence-corrected chi connectivity index (χ2v) is 3.50. The summed E-state index contributed by atoms with van der Waals surface area (Å²) in [5.41, 5.74) is 1.79. The Hall–Kier alpha value is -1.77. The van der Waals surface area contributed by atoms with Crippen LogP contribution in [0.1, 0.15) is 13.3 Å². The summed E-state index contributed by atoms with van der Waals surface area (Å²) < 4.78 is 1.78. The quantitative estimate of drug-likeness (QED) is 0.830. The zero-order valence-corrected chi connectivity index (χ0v) is 8.72. The van der Waals surface area contributed by atoms with E-state index in [0.717, 1.165) is 24.1 Å². The Balaban J connectivity index is 2.36. The lowest BCUT2D eigenvalue weighted by molar-refractivity contribution is 0.437. The fourth-order valence-corrected chi connectivity index (χ4v) is 1.58. The number of hydrogen-bond acceptors (Lipinski definition) is 2. The minimum Gasteiger partial charge on any atom is -0.492 e. The molecule has 3 heteroatoms. The van der Waals surface area contributed by atoms with E-state index in [9.17, 15) is 5.11 Å². The molecule has 15 heavy (non-hydrogen) atoms. The van der Waals surface area contributed by atoms with Crippen molar-refractivity contribution in [2.24, 2.45) is 0 Å². The van der Waals surface area contributed by atoms with E-state index in [0.29, 0.717) is 0 Å². The van der Waals surface area contributed by atoms with Crippen LogP contribution in [0.3, 0.4) is 0 Å². The van der Waals surface area contributed by atoms with Crippen molar-refractivity contribution >= 4 is 0 Å². The summed E-state index contributed by atoms with van der Waals surface area (Å²) in [6.07, 6.45) is 2.89. The van der Waals surface area contributed by atoms with Crippen LogP contribution in [-0.4, -0.2) is 14.9 Å². The predicted molar refractivity (Wildman–Crippen MR) is 59.6 cm³/mol. The minimum atomic E-state index is 0.106. The molecule has 1 N–H and O–H groups in total. The van der Waals surface area contributed by atoms with E-state index in [1.54, 1.807) is 4.68 Å². The Kier molecular flexibility index (Phi) is 2.72. The molecule has 0 radical (unpaired) electrons. The van der Waals surface area contributed by atoms with Gasteiger partial charge < -0.3 is 5.11 Å². The number of aryl methyl sites for hydroxylation is 1. The summed E-state index contributed by atoms with van der Waals surface area (Å²) in [5.74, 6) is 0.106. The van der Waals surface area contributed by atoms with Gasteiger partial charge in [-0.25, -0.2) is 0 Å². The van der Waals surface area contributed by atoms with E-state index < -0.39 is 0 Å². The van der Waals surface area contributed by atoms with Crippen LogP contribution in [-0.2, 0) is 6.54 Å². The van der Waals surface area contributed by atoms with Crippen molar-refractivity contribution in [1.29, 1.82) is 0 Å². The summed E-state index contributed by atoms with van der Waals surface area (Å²) >= 11 is 0. The molecule has 1 heterocycles. The van der Waals surface area contributed by atoms with Gasteiger partial charge in [0.25, 0.3) is 0 Å². The number of benzene rings is 1. The SMILES string of the molecule is CCCn1cc(-c2ccccc2)c(O)n1. The molecule has 0 aliphatic carbocycles. The zero-order chi connectivity index (χ0) is 10.7. The lowest BCUT2D eigenvalue weighted by Crippen LogP contribution is -1.95. The third kappa shape index (κ3) is 2.01. The van der Waals surface area contributed by atoms with Gasteiger partial charge in [-0.1, -0.05) is 37.3 Å². The summed E-state index contributed by atoms with van der Waals surface area (Å²) in [5, 5.41) is 13.7. The Bertz CT molecular complexity index is 434. The fraction of sp³-hybridized carbons (Fsp3) is 0.250. The van der Waals surface area contributed by atoms with Crippen LogP contribution >= 0.6 is 0 Å². The van der Waals surface area contributed by atoms with E-state index >= 15 is 0 Å². The minimum absolute atomic E-state index is 0.106. The first-order valence-electron chi connectivity index (χ1n) is 5.13. The zero-order valence-electron chi connectivity index (χ0n) is 8.72. The molecule has 0 bridgehead atoms. The standard InChI is InChI=1S/C12H14N2O/c1-2-8-14-9-11(12(15)13-14)10-6-4-3-5-7-10/h3-7,9H,2,8H2,1H3,(H,13,15). The number of aromatic nitrogens is 2. The molecule has 0 saturated carbocycles. The molecule has 0 fully saturated rings. The van der Waals surface area contributed by atoms with Crippen molar-refractivity contribution in [3.8, 4) is 17.0 Å². The Morgan fingerprint density at radius 3 is 2.67 bits per heavy atom. The molecule has 2 aromatic rings. The summed E-state index contributed by atoms with van der Waals surface area (Å²) in [4.78, 5) is 0. The molecule has 0 aliphatic rings. The van der Waals surface area contributed by atoms with Gasteiger partial charge in [-0.05, 0) is 12.0 Å². The van der Waals surface area contributed by atoms with Gasteiger partial charge in [0.05, 0.1) is 5.56 Å². The van der Waals surface area contributed by atoms with Crippen LogP contribution in [0, 0.1) is 0 Å². The first kappa shape index (κ1) is 9.77. The molecule has 0 spiro atoms. The third-order valence-electron chi connectivity index (χ3n) is 2.28. The van der Waals surface area contributed by atoms with Gasteiger partial charge in [0, 0.05) is 12.7 Å². The average Bonchev–Trinajstić information content (AvgIpc) is 2.61. The van der Waals surface area contributed by atoms with Crippen molar-refractivity contribution < 1.29 is 5.11 Å². The van der Waals surface area contributed by atoms with E-state index in [2.05, 4.69) is 12.0 Å². The molecular formula is C12H14N2O. The van der Waals surface area contributed by atoms with E-state index in [1.807, 2.05) is 36.5 Å². The number of hydrogen-bond donors (Lipinski definition) is 1. The molecule has 0 amide bonds. The maximum Gasteiger partial charge on any atom is 0.238 e. The molecule has 1 aromatic carbocycles. The fourth-order valence-electron chi connectivity index (χ4n) is 1.58. The third-order valence-corrected chi connectivity index (χ3v) is 2.28. The highest BCUT2D eigenvalue weighted by molar-refractivity contribution is 5.67. The topological polar surface area (TPSA) is 38.0 Å². The lowest BCUT2D eigenvalue weighted by Gasteiger charge is -1.96. The largest absolute Gasteiger partial charge is 0.492 e. The molecule has 0 unspecified atom stereocenters. The van der Waals surface area contributed by atoms with Gasteiger partial charge in [-0.2, -0.15) is 0 Å². The predicted octanol–water partition coefficient (Wildman–Crippen LogP) is 2.67. The van der Waals surface area contributed by atoms with Gasteiger partial charge in [-0.3, -0.25) is 4.68 Å². The molecule has 0 aliphatic heterocycles. The van der Waals surface area contributed by atoms with Gasteiger partial charge in [0.15, 0.2) is 0 Å². The average molecular weight is 202 g/mol. The van der Waals surface area contributed by atoms with Crippen molar-refractivity contribution in [1.82, 2.24) is 9.78 Å². The van der Waals surface area contributed by atoms with Crippen LogP contribution in [0.5, 0.6) is 5.88 Å². The van der Waals surface area contributed by atoms with Crippen LogP contribution in [0.25, 0.3) is 11.1 Å². The Morgan fingerprint density at radius 1 is 1.27 bits per heavy atom.